The molecule has 0 fully saturated rings. The average molecular weight is 491 g/mol. The van der Waals surface area contributed by atoms with Crippen LogP contribution < -0.4 is 11.1 Å². The summed E-state index contributed by atoms with van der Waals surface area (Å²) in [7, 11) is 0. The predicted octanol–water partition coefficient (Wildman–Crippen LogP) is 6.03. The Morgan fingerprint density at radius 3 is 2.48 bits per heavy atom. The Balaban J connectivity index is 0.000000423. The lowest BCUT2D eigenvalue weighted by atomic mass is 10.2. The van der Waals surface area contributed by atoms with Crippen LogP contribution in [0.2, 0.25) is 10.3 Å². The quantitative estimate of drug-likeness (QED) is 0.227. The van der Waals surface area contributed by atoms with Crippen LogP contribution in [-0.2, 0) is 10.5 Å². The molecule has 1 heterocycles. The zero-order valence-electron chi connectivity index (χ0n) is 15.5. The van der Waals surface area contributed by atoms with E-state index in [2.05, 4.69) is 27.4 Å². The van der Waals surface area contributed by atoms with Crippen LogP contribution in [0.1, 0.15) is 5.56 Å². The molecule has 31 heavy (non-hydrogen) atoms. The number of hydrogen-bond acceptors (Lipinski definition) is 6. The van der Waals surface area contributed by atoms with Gasteiger partial charge in [-0.1, -0.05) is 29.8 Å². The number of nitrogens with zero attached hydrogens (tertiary/aromatic N) is 2. The van der Waals surface area contributed by atoms with E-state index < -0.39 is 12.1 Å². The van der Waals surface area contributed by atoms with Gasteiger partial charge >= 0.3 is 12.1 Å². The number of benzene rings is 2. The Hall–Kier alpha value is -2.69. The van der Waals surface area contributed by atoms with Gasteiger partial charge < -0.3 is 16.2 Å². The molecule has 0 bridgehead atoms. The summed E-state index contributed by atoms with van der Waals surface area (Å²) in [6, 6.07) is 15.9. The molecule has 0 aliphatic heterocycles. The van der Waals surface area contributed by atoms with Crippen LogP contribution in [0.4, 0.5) is 30.4 Å². The number of anilines is 3. The second-order valence-corrected chi connectivity index (χ2v) is 7.62. The zero-order valence-corrected chi connectivity index (χ0v) is 17.9. The number of rotatable bonds is 5. The third kappa shape index (κ3) is 8.52. The summed E-state index contributed by atoms with van der Waals surface area (Å²) in [5, 5.41) is 10.8. The fourth-order valence-corrected chi connectivity index (χ4v) is 3.25. The van der Waals surface area contributed by atoms with Crippen LogP contribution in [-0.4, -0.2) is 27.2 Å². The molecule has 2 aromatic carbocycles. The lowest BCUT2D eigenvalue weighted by molar-refractivity contribution is -0.192. The van der Waals surface area contributed by atoms with E-state index in [1.807, 2.05) is 36.4 Å². The highest BCUT2D eigenvalue weighted by atomic mass is 35.5. The molecule has 4 N–H and O–H groups in total. The number of nitrogen functional groups attached to an aromatic ring is 1. The normalized spacial score (nSPS) is 10.7. The first-order chi connectivity index (χ1) is 14.5. The number of aromatic nitrogens is 2. The minimum Gasteiger partial charge on any atom is -0.475 e. The molecule has 164 valence electrons. The van der Waals surface area contributed by atoms with Gasteiger partial charge in [0.05, 0.1) is 6.20 Å². The first-order valence-electron chi connectivity index (χ1n) is 8.37. The maximum Gasteiger partial charge on any atom is 0.490 e. The molecule has 0 spiro atoms. The molecule has 1 aromatic heterocycles. The van der Waals surface area contributed by atoms with Gasteiger partial charge in [0.15, 0.2) is 5.82 Å². The van der Waals surface area contributed by atoms with Crippen molar-refractivity contribution in [2.75, 3.05) is 11.1 Å². The van der Waals surface area contributed by atoms with Gasteiger partial charge in [-0.2, -0.15) is 18.2 Å². The van der Waals surface area contributed by atoms with Crippen LogP contribution in [0, 0.1) is 0 Å². The van der Waals surface area contributed by atoms with Crippen molar-refractivity contribution in [1.29, 1.82) is 0 Å². The number of carbonyl (C=O) groups is 1. The fourth-order valence-electron chi connectivity index (χ4n) is 2.08. The standard InChI is InChI=1S/C17H14Cl2N4S.C2HF3O2/c18-15-9-21-17(19)23-16(15)22-13-5-2-6-14(8-13)24-10-11-3-1-4-12(20)7-11;3-2(4,5)1(6)7/h1-9H,10,20H2,(H,21,22,23);(H,6,7). The van der Waals surface area contributed by atoms with Crippen molar-refractivity contribution >= 4 is 58.1 Å². The Labute approximate surface area is 189 Å². The van der Waals surface area contributed by atoms with Gasteiger partial charge in [-0.05, 0) is 47.5 Å². The largest absolute Gasteiger partial charge is 0.490 e. The van der Waals surface area contributed by atoms with E-state index >= 15 is 0 Å². The van der Waals surface area contributed by atoms with Gasteiger partial charge in [-0.15, -0.1) is 11.8 Å². The lowest BCUT2D eigenvalue weighted by Gasteiger charge is -2.09. The maximum absolute atomic E-state index is 10.6. The van der Waals surface area contributed by atoms with E-state index in [9.17, 15) is 13.2 Å². The highest BCUT2D eigenvalue weighted by Crippen LogP contribution is 2.29. The molecule has 3 aromatic rings. The van der Waals surface area contributed by atoms with Gasteiger partial charge in [0.25, 0.3) is 0 Å². The Bertz CT molecular complexity index is 1050. The average Bonchev–Trinajstić information content (AvgIpc) is 2.69. The summed E-state index contributed by atoms with van der Waals surface area (Å²) in [5.74, 6) is -1.43. The molecule has 0 radical (unpaired) electrons. The Morgan fingerprint density at radius 2 is 1.84 bits per heavy atom. The van der Waals surface area contributed by atoms with Crippen LogP contribution in [0.5, 0.6) is 0 Å². The monoisotopic (exact) mass is 490 g/mol. The van der Waals surface area contributed by atoms with Crippen molar-refractivity contribution in [2.24, 2.45) is 0 Å². The Kier molecular flexibility index (Phi) is 8.78. The minimum absolute atomic E-state index is 0.147. The van der Waals surface area contributed by atoms with Gasteiger partial charge in [-0.25, -0.2) is 9.78 Å². The summed E-state index contributed by atoms with van der Waals surface area (Å²) in [6.45, 7) is 0. The van der Waals surface area contributed by atoms with E-state index in [0.717, 1.165) is 22.0 Å². The summed E-state index contributed by atoms with van der Waals surface area (Å²) in [5.41, 5.74) is 8.65. The van der Waals surface area contributed by atoms with E-state index in [1.165, 1.54) is 11.8 Å². The van der Waals surface area contributed by atoms with E-state index in [0.29, 0.717) is 10.8 Å². The highest BCUT2D eigenvalue weighted by Gasteiger charge is 2.38. The number of thioether (sulfide) groups is 1. The summed E-state index contributed by atoms with van der Waals surface area (Å²) in [6.07, 6.45) is -3.61. The molecule has 6 nitrogen and oxygen atoms in total. The third-order valence-electron chi connectivity index (χ3n) is 3.41. The molecule has 0 aliphatic carbocycles. The number of carboxylic acids is 1. The number of hydrogen-bond donors (Lipinski definition) is 3. The molecule has 3 rings (SSSR count). The summed E-state index contributed by atoms with van der Waals surface area (Å²) < 4.78 is 31.7. The van der Waals surface area contributed by atoms with E-state index in [-0.39, 0.29) is 5.28 Å². The number of nitrogens with one attached hydrogen (secondary N) is 1. The fraction of sp³-hybridized carbons (Fsp3) is 0.105. The Morgan fingerprint density at radius 1 is 1.16 bits per heavy atom. The molecule has 0 atom stereocenters. The number of nitrogens with two attached hydrogens (primary N) is 1. The first kappa shape index (κ1) is 24.6. The van der Waals surface area contributed by atoms with Gasteiger partial charge in [0.1, 0.15) is 5.02 Å². The molecular formula is C19H15Cl2F3N4O2S. The van der Waals surface area contributed by atoms with Crippen LogP contribution >= 0.6 is 35.0 Å². The zero-order chi connectivity index (χ0) is 23.0. The number of carboxylic acid groups (broad SMARTS) is 1. The van der Waals surface area contributed by atoms with Gasteiger partial charge in [0, 0.05) is 22.0 Å². The highest BCUT2D eigenvalue weighted by molar-refractivity contribution is 7.98. The first-order valence-corrected chi connectivity index (χ1v) is 10.1. The molecule has 0 saturated carbocycles. The van der Waals surface area contributed by atoms with Crippen molar-refractivity contribution in [3.8, 4) is 0 Å². The minimum atomic E-state index is -5.08. The van der Waals surface area contributed by atoms with E-state index in [4.69, 9.17) is 38.8 Å². The third-order valence-corrected chi connectivity index (χ3v) is 4.93. The predicted molar refractivity (Wildman–Crippen MR) is 116 cm³/mol. The van der Waals surface area contributed by atoms with Crippen molar-refractivity contribution < 1.29 is 23.1 Å². The van der Waals surface area contributed by atoms with Crippen molar-refractivity contribution in [3.05, 3.63) is 70.6 Å². The second-order valence-electron chi connectivity index (χ2n) is 5.83. The van der Waals surface area contributed by atoms with Crippen LogP contribution in [0.15, 0.2) is 59.6 Å². The number of halogens is 5. The lowest BCUT2D eigenvalue weighted by Crippen LogP contribution is -2.21. The van der Waals surface area contributed by atoms with Crippen molar-refractivity contribution in [2.45, 2.75) is 16.8 Å². The molecule has 0 saturated heterocycles. The van der Waals surface area contributed by atoms with E-state index in [1.54, 1.807) is 11.8 Å². The van der Waals surface area contributed by atoms with Crippen molar-refractivity contribution in [1.82, 2.24) is 9.97 Å². The number of aliphatic carboxylic acids is 1. The topological polar surface area (TPSA) is 101 Å². The van der Waals surface area contributed by atoms with Gasteiger partial charge in [-0.3, -0.25) is 0 Å². The molecule has 0 unspecified atom stereocenters. The number of alkyl halides is 3. The smallest absolute Gasteiger partial charge is 0.475 e. The molecular weight excluding hydrogens is 476 g/mol. The van der Waals surface area contributed by atoms with Crippen LogP contribution in [0.25, 0.3) is 0 Å². The SMILES string of the molecule is Nc1cccc(CSc2cccc(Nc3nc(Cl)ncc3Cl)c2)c1.O=C(O)C(F)(F)F. The summed E-state index contributed by atoms with van der Waals surface area (Å²) >= 11 is 13.6. The van der Waals surface area contributed by atoms with Crippen LogP contribution in [0.3, 0.4) is 0 Å². The molecule has 0 amide bonds. The second kappa shape index (κ2) is 11.1. The maximum atomic E-state index is 10.6. The summed E-state index contributed by atoms with van der Waals surface area (Å²) in [4.78, 5) is 17.9. The molecule has 0 aliphatic rings. The van der Waals surface area contributed by atoms with Gasteiger partial charge in [0.2, 0.25) is 5.28 Å². The van der Waals surface area contributed by atoms with Crippen molar-refractivity contribution in [3.63, 3.8) is 0 Å². The molecule has 12 heteroatoms.